The average molecular weight is 334 g/mol. The molecule has 0 fully saturated rings. The van der Waals surface area contributed by atoms with E-state index in [-0.39, 0.29) is 6.04 Å². The first-order valence-electron chi connectivity index (χ1n) is 8.45. The van der Waals surface area contributed by atoms with Crippen molar-refractivity contribution in [3.05, 3.63) is 78.4 Å². The van der Waals surface area contributed by atoms with Crippen LogP contribution in [0.1, 0.15) is 24.4 Å². The summed E-state index contributed by atoms with van der Waals surface area (Å²) in [5.41, 5.74) is 7.98. The second-order valence-electron chi connectivity index (χ2n) is 6.13. The number of amides is 1. The minimum absolute atomic E-state index is 0.0755. The van der Waals surface area contributed by atoms with Gasteiger partial charge in [-0.25, -0.2) is 4.79 Å². The Morgan fingerprint density at radius 3 is 2.36 bits per heavy atom. The van der Waals surface area contributed by atoms with Crippen molar-refractivity contribution in [3.8, 4) is 0 Å². The zero-order valence-corrected chi connectivity index (χ0v) is 14.0. The van der Waals surface area contributed by atoms with E-state index in [0.29, 0.717) is 18.7 Å². The van der Waals surface area contributed by atoms with Gasteiger partial charge in [-0.3, -0.25) is 4.90 Å². The lowest BCUT2D eigenvalue weighted by Gasteiger charge is -2.21. The molecule has 3 rings (SSSR count). The highest BCUT2D eigenvalue weighted by molar-refractivity contribution is 5.92. The van der Waals surface area contributed by atoms with E-state index in [1.54, 1.807) is 0 Å². The number of anilines is 1. The quantitative estimate of drug-likeness (QED) is 0.680. The molecule has 0 heterocycles. The number of hydrogen-bond donors (Lipinski definition) is 2. The smallest absolute Gasteiger partial charge is 0.411 e. The van der Waals surface area contributed by atoms with Gasteiger partial charge in [-0.15, -0.1) is 0 Å². The van der Waals surface area contributed by atoms with Crippen LogP contribution in [0.4, 0.5) is 10.5 Å². The maximum Gasteiger partial charge on any atom is 0.411 e. The third-order valence-electron chi connectivity index (χ3n) is 4.40. The molecule has 4 heteroatoms. The van der Waals surface area contributed by atoms with Gasteiger partial charge in [0.25, 0.3) is 0 Å². The molecule has 3 aromatic carbocycles. The molecule has 0 aliphatic rings. The van der Waals surface area contributed by atoms with E-state index in [0.717, 1.165) is 22.8 Å². The van der Waals surface area contributed by atoms with Crippen molar-refractivity contribution in [1.29, 1.82) is 0 Å². The molecule has 0 radical (unpaired) electrons. The molecule has 3 aromatic rings. The summed E-state index contributed by atoms with van der Waals surface area (Å²) in [4.78, 5) is 13.1. The monoisotopic (exact) mass is 334 g/mol. The Hall–Kier alpha value is -2.85. The Balaban J connectivity index is 1.67. The maximum absolute atomic E-state index is 11.7. The minimum atomic E-state index is -0.941. The van der Waals surface area contributed by atoms with Crippen LogP contribution in [0, 0.1) is 0 Å². The van der Waals surface area contributed by atoms with Gasteiger partial charge in [-0.05, 0) is 41.3 Å². The highest BCUT2D eigenvalue weighted by atomic mass is 16.4. The maximum atomic E-state index is 11.7. The summed E-state index contributed by atoms with van der Waals surface area (Å²) in [5.74, 6) is 0. The number of hydrogen-bond acceptors (Lipinski definition) is 2. The fraction of sp³-hybridized carbons (Fsp3) is 0.190. The van der Waals surface area contributed by atoms with E-state index in [1.807, 2.05) is 72.8 Å². The highest BCUT2D eigenvalue weighted by Crippen LogP contribution is 2.23. The van der Waals surface area contributed by atoms with Gasteiger partial charge in [-0.2, -0.15) is 0 Å². The van der Waals surface area contributed by atoms with Crippen LogP contribution in [-0.4, -0.2) is 17.7 Å². The fourth-order valence-electron chi connectivity index (χ4n) is 3.02. The molecule has 128 valence electrons. The van der Waals surface area contributed by atoms with Crippen molar-refractivity contribution in [2.24, 2.45) is 5.73 Å². The Kier molecular flexibility index (Phi) is 5.31. The van der Waals surface area contributed by atoms with E-state index in [4.69, 9.17) is 5.73 Å². The predicted octanol–water partition coefficient (Wildman–Crippen LogP) is 4.80. The second-order valence-corrected chi connectivity index (χ2v) is 6.13. The van der Waals surface area contributed by atoms with Crippen molar-refractivity contribution < 1.29 is 9.90 Å². The number of nitrogens with zero attached hydrogens (tertiary/aromatic N) is 1. The molecule has 1 atom stereocenters. The number of nitrogens with two attached hydrogens (primary N) is 1. The van der Waals surface area contributed by atoms with Crippen molar-refractivity contribution in [1.82, 2.24) is 0 Å². The van der Waals surface area contributed by atoms with E-state index in [2.05, 4.69) is 0 Å². The van der Waals surface area contributed by atoms with E-state index >= 15 is 0 Å². The molecule has 0 aromatic heterocycles. The Morgan fingerprint density at radius 1 is 0.960 bits per heavy atom. The predicted molar refractivity (Wildman–Crippen MR) is 102 cm³/mol. The highest BCUT2D eigenvalue weighted by Gasteiger charge is 2.15. The lowest BCUT2D eigenvalue weighted by molar-refractivity contribution is 0.201. The van der Waals surface area contributed by atoms with Crippen LogP contribution >= 0.6 is 0 Å². The molecule has 0 saturated heterocycles. The standard InChI is InChI=1S/C21H22N2O2/c22-20(17-8-2-1-3-9-17)11-6-14-23(21(24)25)19-13-12-16-7-4-5-10-18(16)15-19/h1-5,7-10,12-13,15,20H,6,11,14,22H2,(H,24,25)/t20-/m0/s1. The molecule has 0 unspecified atom stereocenters. The van der Waals surface area contributed by atoms with Gasteiger partial charge in [0.2, 0.25) is 0 Å². The third-order valence-corrected chi connectivity index (χ3v) is 4.40. The topological polar surface area (TPSA) is 66.6 Å². The fourth-order valence-corrected chi connectivity index (χ4v) is 3.02. The minimum Gasteiger partial charge on any atom is -0.465 e. The largest absolute Gasteiger partial charge is 0.465 e. The summed E-state index contributed by atoms with van der Waals surface area (Å²) < 4.78 is 0. The molecule has 1 amide bonds. The van der Waals surface area contributed by atoms with Gasteiger partial charge < -0.3 is 10.8 Å². The van der Waals surface area contributed by atoms with Gasteiger partial charge in [0.15, 0.2) is 0 Å². The SMILES string of the molecule is N[C@@H](CCCN(C(=O)O)c1ccc2ccccc2c1)c1ccccc1. The lowest BCUT2D eigenvalue weighted by Crippen LogP contribution is -2.30. The molecule has 3 N–H and O–H groups in total. The van der Waals surface area contributed by atoms with Crippen LogP contribution in [0.5, 0.6) is 0 Å². The molecule has 0 aliphatic heterocycles. The van der Waals surface area contributed by atoms with Crippen LogP contribution in [0.15, 0.2) is 72.8 Å². The molecule has 25 heavy (non-hydrogen) atoms. The van der Waals surface area contributed by atoms with Crippen molar-refractivity contribution in [2.75, 3.05) is 11.4 Å². The van der Waals surface area contributed by atoms with E-state index < -0.39 is 6.09 Å². The molecule has 0 spiro atoms. The number of carbonyl (C=O) groups is 1. The summed E-state index contributed by atoms with van der Waals surface area (Å²) >= 11 is 0. The van der Waals surface area contributed by atoms with Gasteiger partial charge >= 0.3 is 6.09 Å². The first-order chi connectivity index (χ1) is 12.1. The summed E-state index contributed by atoms with van der Waals surface area (Å²) in [7, 11) is 0. The number of rotatable bonds is 6. The summed E-state index contributed by atoms with van der Waals surface area (Å²) in [6, 6.07) is 23.5. The summed E-state index contributed by atoms with van der Waals surface area (Å²) in [6.07, 6.45) is 0.500. The lowest BCUT2D eigenvalue weighted by atomic mass is 10.0. The van der Waals surface area contributed by atoms with Crippen LogP contribution < -0.4 is 10.6 Å². The summed E-state index contributed by atoms with van der Waals surface area (Å²) in [5, 5.41) is 11.7. The van der Waals surface area contributed by atoms with E-state index in [9.17, 15) is 9.90 Å². The summed E-state index contributed by atoms with van der Waals surface area (Å²) in [6.45, 7) is 0.425. The molecular formula is C21H22N2O2. The van der Waals surface area contributed by atoms with Crippen molar-refractivity contribution >= 4 is 22.6 Å². The third kappa shape index (κ3) is 4.17. The molecule has 4 nitrogen and oxygen atoms in total. The van der Waals surface area contributed by atoms with Crippen molar-refractivity contribution in [3.63, 3.8) is 0 Å². The first kappa shape index (κ1) is 17.0. The van der Waals surface area contributed by atoms with Gasteiger partial charge in [0.05, 0.1) is 0 Å². The zero-order valence-electron chi connectivity index (χ0n) is 14.0. The molecule has 0 aliphatic carbocycles. The second kappa shape index (κ2) is 7.81. The van der Waals surface area contributed by atoms with Gasteiger partial charge in [0.1, 0.15) is 0 Å². The number of benzene rings is 3. The van der Waals surface area contributed by atoms with Crippen molar-refractivity contribution in [2.45, 2.75) is 18.9 Å². The van der Waals surface area contributed by atoms with Crippen LogP contribution in [0.25, 0.3) is 10.8 Å². The average Bonchev–Trinajstić information content (AvgIpc) is 2.65. The molecular weight excluding hydrogens is 312 g/mol. The molecule has 0 bridgehead atoms. The van der Waals surface area contributed by atoms with Crippen LogP contribution in [0.3, 0.4) is 0 Å². The van der Waals surface area contributed by atoms with Gasteiger partial charge in [-0.1, -0.05) is 60.7 Å². The first-order valence-corrected chi connectivity index (χ1v) is 8.45. The number of carboxylic acid groups (broad SMARTS) is 1. The zero-order chi connectivity index (χ0) is 17.6. The Bertz CT molecular complexity index is 849. The normalized spacial score (nSPS) is 12.0. The molecule has 0 saturated carbocycles. The number of fused-ring (bicyclic) bond motifs is 1. The van der Waals surface area contributed by atoms with Crippen LogP contribution in [0.2, 0.25) is 0 Å². The Morgan fingerprint density at radius 2 is 1.64 bits per heavy atom. The van der Waals surface area contributed by atoms with Crippen LogP contribution in [-0.2, 0) is 0 Å². The van der Waals surface area contributed by atoms with Gasteiger partial charge in [0, 0.05) is 18.3 Å². The Labute approximate surface area is 147 Å². The van der Waals surface area contributed by atoms with E-state index in [1.165, 1.54) is 4.90 Å².